The lowest BCUT2D eigenvalue weighted by molar-refractivity contribution is -0.122. The average Bonchev–Trinajstić information content (AvgIpc) is 3.15. The van der Waals surface area contributed by atoms with E-state index in [2.05, 4.69) is 25.2 Å². The van der Waals surface area contributed by atoms with Gasteiger partial charge in [-0.05, 0) is 24.3 Å². The number of benzene rings is 1. The lowest BCUT2D eigenvalue weighted by Gasteiger charge is -2.27. The van der Waals surface area contributed by atoms with Gasteiger partial charge >= 0.3 is 0 Å². The van der Waals surface area contributed by atoms with Gasteiger partial charge in [0.05, 0.1) is 24.6 Å². The molecule has 1 fully saturated rings. The summed E-state index contributed by atoms with van der Waals surface area (Å²) >= 11 is 0. The molecule has 3 heterocycles. The molecule has 0 saturated carbocycles. The summed E-state index contributed by atoms with van der Waals surface area (Å²) in [4.78, 5) is 27.8. The first-order chi connectivity index (χ1) is 14.4. The van der Waals surface area contributed by atoms with Gasteiger partial charge in [-0.25, -0.2) is 4.98 Å². The molecule has 1 aromatic carbocycles. The summed E-state index contributed by atoms with van der Waals surface area (Å²) in [5, 5.41) is 6.89. The Balaban J connectivity index is 0.000000806. The Morgan fingerprint density at radius 1 is 1.10 bits per heavy atom. The monoisotopic (exact) mass is 409 g/mol. The standard InChI is InChI=1S/C22H25N3O2.CH2O2/c1-22(2,3)20-19(25-11-5-4-6-18(25)23-20)16-7-9-17(10-8-16)21(26)24-12-14-27-15-13-24;2-1-3/h4-11H,12-15H2,1-3H3;1H,(H,2,3). The van der Waals surface area contributed by atoms with Gasteiger partial charge in [0.15, 0.2) is 0 Å². The molecule has 7 nitrogen and oxygen atoms in total. The van der Waals surface area contributed by atoms with Gasteiger partial charge in [-0.2, -0.15) is 0 Å². The molecule has 0 atom stereocenters. The zero-order chi connectivity index (χ0) is 21.7. The summed E-state index contributed by atoms with van der Waals surface area (Å²) in [6, 6.07) is 13.9. The van der Waals surface area contributed by atoms with Crippen LogP contribution in [0.1, 0.15) is 36.8 Å². The van der Waals surface area contributed by atoms with Crippen LogP contribution < -0.4 is 0 Å². The second-order valence-corrected chi connectivity index (χ2v) is 8.08. The smallest absolute Gasteiger partial charge is 0.290 e. The van der Waals surface area contributed by atoms with Crippen molar-refractivity contribution in [3.05, 3.63) is 59.9 Å². The average molecular weight is 409 g/mol. The molecule has 158 valence electrons. The molecule has 0 spiro atoms. The molecule has 1 aliphatic rings. The number of nitrogens with zero attached hydrogens (tertiary/aromatic N) is 3. The summed E-state index contributed by atoms with van der Waals surface area (Å²) in [7, 11) is 0. The minimum absolute atomic E-state index is 0.0686. The fraction of sp³-hybridized carbons (Fsp3) is 0.348. The number of imidazole rings is 1. The SMILES string of the molecule is CC(C)(C)c1nc2ccccn2c1-c1ccc(C(=O)N2CCOCC2)cc1.O=CO. The number of ether oxygens (including phenoxy) is 1. The van der Waals surface area contributed by atoms with Crippen molar-refractivity contribution in [1.82, 2.24) is 14.3 Å². The van der Waals surface area contributed by atoms with Crippen molar-refractivity contribution < 1.29 is 19.4 Å². The predicted molar refractivity (Wildman–Crippen MR) is 115 cm³/mol. The molecule has 1 N–H and O–H groups in total. The van der Waals surface area contributed by atoms with Gasteiger partial charge in [-0.1, -0.05) is 39.0 Å². The van der Waals surface area contributed by atoms with Crippen molar-refractivity contribution in [2.24, 2.45) is 0 Å². The van der Waals surface area contributed by atoms with Gasteiger partial charge < -0.3 is 14.7 Å². The number of fused-ring (bicyclic) bond motifs is 1. The molecule has 1 aliphatic heterocycles. The van der Waals surface area contributed by atoms with E-state index >= 15 is 0 Å². The fourth-order valence-electron chi connectivity index (χ4n) is 3.51. The number of amides is 1. The molecule has 3 aromatic rings. The largest absolute Gasteiger partial charge is 0.483 e. The number of pyridine rings is 1. The highest BCUT2D eigenvalue weighted by Gasteiger charge is 2.25. The number of carbonyl (C=O) groups is 2. The van der Waals surface area contributed by atoms with Crippen LogP contribution in [0.15, 0.2) is 48.7 Å². The number of morpholine rings is 1. The third kappa shape index (κ3) is 4.52. The van der Waals surface area contributed by atoms with Crippen LogP contribution in [-0.4, -0.2) is 58.1 Å². The van der Waals surface area contributed by atoms with Crippen molar-refractivity contribution in [3.63, 3.8) is 0 Å². The molecule has 2 aromatic heterocycles. The molecule has 7 heteroatoms. The Morgan fingerprint density at radius 2 is 1.73 bits per heavy atom. The second-order valence-electron chi connectivity index (χ2n) is 8.08. The molecular formula is C23H27N3O4. The minimum atomic E-state index is -0.250. The van der Waals surface area contributed by atoms with E-state index in [4.69, 9.17) is 19.6 Å². The van der Waals surface area contributed by atoms with Crippen molar-refractivity contribution in [2.75, 3.05) is 26.3 Å². The number of hydrogen-bond acceptors (Lipinski definition) is 4. The Morgan fingerprint density at radius 3 is 2.33 bits per heavy atom. The van der Waals surface area contributed by atoms with E-state index in [1.54, 1.807) is 0 Å². The summed E-state index contributed by atoms with van der Waals surface area (Å²) in [5.41, 5.74) is 4.78. The lowest BCUT2D eigenvalue weighted by Crippen LogP contribution is -2.40. The Hall–Kier alpha value is -3.19. The highest BCUT2D eigenvalue weighted by Crippen LogP contribution is 2.33. The lowest BCUT2D eigenvalue weighted by atomic mass is 9.89. The first kappa shape index (κ1) is 21.5. The first-order valence-electron chi connectivity index (χ1n) is 9.89. The predicted octanol–water partition coefficient (Wildman–Crippen LogP) is 3.47. The van der Waals surface area contributed by atoms with Gasteiger partial charge in [0.25, 0.3) is 12.4 Å². The summed E-state index contributed by atoms with van der Waals surface area (Å²) < 4.78 is 7.46. The first-order valence-corrected chi connectivity index (χ1v) is 9.89. The highest BCUT2D eigenvalue weighted by atomic mass is 16.5. The Labute approximate surface area is 175 Å². The summed E-state index contributed by atoms with van der Waals surface area (Å²) in [5.74, 6) is 0.0686. The highest BCUT2D eigenvalue weighted by molar-refractivity contribution is 5.94. The number of carbonyl (C=O) groups excluding carboxylic acids is 1. The van der Waals surface area contributed by atoms with Crippen LogP contribution in [-0.2, 0) is 14.9 Å². The van der Waals surface area contributed by atoms with Crippen LogP contribution >= 0.6 is 0 Å². The van der Waals surface area contributed by atoms with Crippen LogP contribution in [0.2, 0.25) is 0 Å². The Kier molecular flexibility index (Phi) is 6.52. The normalized spacial score (nSPS) is 14.2. The van der Waals surface area contributed by atoms with Crippen molar-refractivity contribution >= 4 is 18.0 Å². The summed E-state index contributed by atoms with van der Waals surface area (Å²) in [6.45, 7) is 8.81. The van der Waals surface area contributed by atoms with Gasteiger partial charge in [0.2, 0.25) is 0 Å². The number of rotatable bonds is 2. The van der Waals surface area contributed by atoms with Gasteiger partial charge in [-0.15, -0.1) is 0 Å². The van der Waals surface area contributed by atoms with Crippen molar-refractivity contribution in [3.8, 4) is 11.3 Å². The third-order valence-electron chi connectivity index (χ3n) is 4.94. The van der Waals surface area contributed by atoms with E-state index in [1.165, 1.54) is 0 Å². The van der Waals surface area contributed by atoms with E-state index in [-0.39, 0.29) is 17.8 Å². The van der Waals surface area contributed by atoms with Gasteiger partial charge in [-0.3, -0.25) is 14.0 Å². The molecule has 1 amide bonds. The zero-order valence-electron chi connectivity index (χ0n) is 17.5. The molecule has 0 bridgehead atoms. The zero-order valence-corrected chi connectivity index (χ0v) is 17.5. The Bertz CT molecular complexity index is 1010. The van der Waals surface area contributed by atoms with Crippen LogP contribution in [0, 0.1) is 0 Å². The summed E-state index contributed by atoms with van der Waals surface area (Å²) in [6.07, 6.45) is 2.04. The van der Waals surface area contributed by atoms with Crippen LogP contribution in [0.25, 0.3) is 16.9 Å². The van der Waals surface area contributed by atoms with Crippen molar-refractivity contribution in [1.29, 1.82) is 0 Å². The molecule has 0 aliphatic carbocycles. The number of hydrogen-bond donors (Lipinski definition) is 1. The van der Waals surface area contributed by atoms with Crippen LogP contribution in [0.5, 0.6) is 0 Å². The van der Waals surface area contributed by atoms with E-state index in [0.29, 0.717) is 31.9 Å². The van der Waals surface area contributed by atoms with Crippen molar-refractivity contribution in [2.45, 2.75) is 26.2 Å². The molecule has 0 unspecified atom stereocenters. The van der Waals surface area contributed by atoms with Gasteiger partial charge in [0.1, 0.15) is 5.65 Å². The minimum Gasteiger partial charge on any atom is -0.483 e. The maximum absolute atomic E-state index is 12.7. The fourth-order valence-corrected chi connectivity index (χ4v) is 3.51. The molecule has 1 saturated heterocycles. The number of carboxylic acid groups (broad SMARTS) is 1. The maximum Gasteiger partial charge on any atom is 0.290 e. The van der Waals surface area contributed by atoms with E-state index in [0.717, 1.165) is 22.6 Å². The quantitative estimate of drug-likeness (QED) is 0.655. The van der Waals surface area contributed by atoms with E-state index in [9.17, 15) is 4.79 Å². The molecule has 30 heavy (non-hydrogen) atoms. The van der Waals surface area contributed by atoms with E-state index < -0.39 is 0 Å². The van der Waals surface area contributed by atoms with Crippen LogP contribution in [0.3, 0.4) is 0 Å². The molecular weight excluding hydrogens is 382 g/mol. The molecule has 0 radical (unpaired) electrons. The topological polar surface area (TPSA) is 84.1 Å². The van der Waals surface area contributed by atoms with E-state index in [1.807, 2.05) is 53.6 Å². The number of aromatic nitrogens is 2. The maximum atomic E-state index is 12.7. The third-order valence-corrected chi connectivity index (χ3v) is 4.94. The molecule has 4 rings (SSSR count). The van der Waals surface area contributed by atoms with Crippen LogP contribution in [0.4, 0.5) is 0 Å². The van der Waals surface area contributed by atoms with Gasteiger partial charge in [0, 0.05) is 35.8 Å². The second kappa shape index (κ2) is 9.09.